The molecule has 1 atom stereocenters. The Kier molecular flexibility index (Phi) is 3.87. The highest BCUT2D eigenvalue weighted by molar-refractivity contribution is 6.31. The summed E-state index contributed by atoms with van der Waals surface area (Å²) in [7, 11) is 0. The Labute approximate surface area is 115 Å². The zero-order chi connectivity index (χ0) is 13.9. The van der Waals surface area contributed by atoms with Crippen molar-refractivity contribution in [3.8, 4) is 0 Å². The first-order valence-electron chi connectivity index (χ1n) is 5.67. The van der Waals surface area contributed by atoms with Gasteiger partial charge in [0.05, 0.1) is 6.54 Å². The molecule has 1 aromatic heterocycles. The lowest BCUT2D eigenvalue weighted by atomic mass is 9.96. The average molecular weight is 281 g/mol. The predicted octanol–water partition coefficient (Wildman–Crippen LogP) is 1.97. The molecular formula is C13H13ClN2O3. The topological polar surface area (TPSA) is 75.4 Å². The van der Waals surface area contributed by atoms with Crippen LogP contribution in [0.4, 0.5) is 0 Å². The van der Waals surface area contributed by atoms with Gasteiger partial charge in [0, 0.05) is 16.7 Å². The maximum Gasteiger partial charge on any atom is 0.273 e. The Morgan fingerprint density at radius 3 is 2.84 bits per heavy atom. The molecule has 1 aromatic carbocycles. The Morgan fingerprint density at radius 1 is 1.47 bits per heavy atom. The van der Waals surface area contributed by atoms with Gasteiger partial charge in [-0.25, -0.2) is 0 Å². The molecule has 1 heterocycles. The number of hydrogen-bond acceptors (Lipinski definition) is 4. The van der Waals surface area contributed by atoms with Gasteiger partial charge in [0.15, 0.2) is 5.69 Å². The summed E-state index contributed by atoms with van der Waals surface area (Å²) in [6, 6.07) is 8.39. The number of hydrogen-bond donors (Lipinski definition) is 2. The van der Waals surface area contributed by atoms with Crippen LogP contribution in [0.3, 0.4) is 0 Å². The van der Waals surface area contributed by atoms with Gasteiger partial charge in [0.1, 0.15) is 11.9 Å². The van der Waals surface area contributed by atoms with E-state index in [1.54, 1.807) is 31.2 Å². The van der Waals surface area contributed by atoms with Crippen LogP contribution >= 0.6 is 11.6 Å². The quantitative estimate of drug-likeness (QED) is 0.898. The molecule has 0 unspecified atom stereocenters. The fourth-order valence-corrected chi connectivity index (χ4v) is 2.01. The van der Waals surface area contributed by atoms with Crippen LogP contribution in [-0.4, -0.2) is 22.7 Å². The second-order valence-corrected chi connectivity index (χ2v) is 4.73. The van der Waals surface area contributed by atoms with E-state index < -0.39 is 11.5 Å². The van der Waals surface area contributed by atoms with Crippen molar-refractivity contribution in [2.45, 2.75) is 12.5 Å². The Hall–Kier alpha value is -1.85. The lowest BCUT2D eigenvalue weighted by molar-refractivity contribution is 0.0524. The summed E-state index contributed by atoms with van der Waals surface area (Å²) in [4.78, 5) is 11.7. The first kappa shape index (κ1) is 13.6. The van der Waals surface area contributed by atoms with Crippen molar-refractivity contribution in [1.82, 2.24) is 10.5 Å². The third kappa shape index (κ3) is 3.13. The van der Waals surface area contributed by atoms with Crippen molar-refractivity contribution in [2.75, 3.05) is 6.54 Å². The summed E-state index contributed by atoms with van der Waals surface area (Å²) in [5.74, 6) is -0.416. The van der Waals surface area contributed by atoms with Crippen LogP contribution in [0.25, 0.3) is 0 Å². The highest BCUT2D eigenvalue weighted by Crippen LogP contribution is 2.27. The van der Waals surface area contributed by atoms with Crippen LogP contribution < -0.4 is 5.32 Å². The maximum absolute atomic E-state index is 11.7. The van der Waals surface area contributed by atoms with Crippen molar-refractivity contribution >= 4 is 17.5 Å². The number of nitrogens with one attached hydrogen (secondary N) is 1. The number of carbonyl (C=O) groups excluding carboxylic acids is 1. The largest absolute Gasteiger partial charge is 0.384 e. The second-order valence-electron chi connectivity index (χ2n) is 4.32. The van der Waals surface area contributed by atoms with Gasteiger partial charge >= 0.3 is 0 Å². The van der Waals surface area contributed by atoms with Crippen molar-refractivity contribution in [2.24, 2.45) is 0 Å². The summed E-state index contributed by atoms with van der Waals surface area (Å²) < 4.78 is 4.58. The van der Waals surface area contributed by atoms with E-state index in [4.69, 9.17) is 11.6 Å². The molecule has 0 aliphatic rings. The van der Waals surface area contributed by atoms with Gasteiger partial charge in [0.2, 0.25) is 0 Å². The number of nitrogens with zero attached hydrogens (tertiary/aromatic N) is 1. The summed E-state index contributed by atoms with van der Waals surface area (Å²) in [5.41, 5.74) is -0.551. The van der Waals surface area contributed by atoms with Crippen molar-refractivity contribution < 1.29 is 14.4 Å². The SMILES string of the molecule is C[C@](O)(CNC(=O)c1ccon1)c1ccccc1Cl. The molecule has 2 N–H and O–H groups in total. The minimum Gasteiger partial charge on any atom is -0.384 e. The van der Waals surface area contributed by atoms with Gasteiger partial charge in [-0.2, -0.15) is 0 Å². The molecule has 6 heteroatoms. The molecule has 0 fully saturated rings. The summed E-state index contributed by atoms with van der Waals surface area (Å²) in [5, 5.41) is 16.9. The van der Waals surface area contributed by atoms with Gasteiger partial charge in [0.25, 0.3) is 5.91 Å². The van der Waals surface area contributed by atoms with E-state index in [0.717, 1.165) is 0 Å². The lowest BCUT2D eigenvalue weighted by Crippen LogP contribution is -2.38. The molecule has 0 spiro atoms. The molecule has 100 valence electrons. The smallest absolute Gasteiger partial charge is 0.273 e. The minimum absolute atomic E-state index is 0.0163. The molecule has 2 rings (SSSR count). The van der Waals surface area contributed by atoms with Crippen molar-refractivity contribution in [1.29, 1.82) is 0 Å². The number of amides is 1. The van der Waals surface area contributed by atoms with Crippen LogP contribution in [0.15, 0.2) is 41.1 Å². The fourth-order valence-electron chi connectivity index (χ4n) is 1.67. The molecule has 0 aliphatic carbocycles. The van der Waals surface area contributed by atoms with E-state index in [-0.39, 0.29) is 12.2 Å². The zero-order valence-electron chi connectivity index (χ0n) is 10.3. The van der Waals surface area contributed by atoms with Crippen LogP contribution in [-0.2, 0) is 5.60 Å². The number of aromatic nitrogens is 1. The van der Waals surface area contributed by atoms with Gasteiger partial charge in [-0.15, -0.1) is 0 Å². The van der Waals surface area contributed by atoms with Crippen LogP contribution in [0, 0.1) is 0 Å². The number of halogens is 1. The number of carbonyl (C=O) groups is 1. The van der Waals surface area contributed by atoms with Gasteiger partial charge < -0.3 is 14.9 Å². The van der Waals surface area contributed by atoms with Crippen LogP contribution in [0.1, 0.15) is 23.0 Å². The van der Waals surface area contributed by atoms with E-state index in [1.807, 2.05) is 0 Å². The third-order valence-electron chi connectivity index (χ3n) is 2.72. The molecule has 5 nitrogen and oxygen atoms in total. The first-order valence-corrected chi connectivity index (χ1v) is 6.04. The standard InChI is InChI=1S/C13H13ClN2O3/c1-13(18,9-4-2-3-5-10(9)14)8-15-12(17)11-6-7-19-16-11/h2-7,18H,8H2,1H3,(H,15,17)/t13-/m0/s1. The Balaban J connectivity index is 2.06. The number of aliphatic hydroxyl groups is 1. The van der Waals surface area contributed by atoms with Crippen molar-refractivity contribution in [3.63, 3.8) is 0 Å². The molecule has 0 saturated carbocycles. The van der Waals surface area contributed by atoms with Crippen LogP contribution in [0.2, 0.25) is 5.02 Å². The maximum atomic E-state index is 11.7. The first-order chi connectivity index (χ1) is 9.00. The lowest BCUT2D eigenvalue weighted by Gasteiger charge is -2.25. The normalized spacial score (nSPS) is 13.8. The highest BCUT2D eigenvalue weighted by atomic mass is 35.5. The predicted molar refractivity (Wildman–Crippen MR) is 69.9 cm³/mol. The van der Waals surface area contributed by atoms with E-state index >= 15 is 0 Å². The molecule has 0 saturated heterocycles. The summed E-state index contributed by atoms with van der Waals surface area (Å²) >= 11 is 6.02. The average Bonchev–Trinajstić information content (AvgIpc) is 2.90. The van der Waals surface area contributed by atoms with Gasteiger partial charge in [-0.3, -0.25) is 4.79 Å². The minimum atomic E-state index is -1.27. The van der Waals surface area contributed by atoms with E-state index in [9.17, 15) is 9.90 Å². The molecule has 0 bridgehead atoms. The zero-order valence-corrected chi connectivity index (χ0v) is 11.0. The molecule has 0 radical (unpaired) electrons. The fraction of sp³-hybridized carbons (Fsp3) is 0.231. The number of benzene rings is 1. The molecule has 0 aliphatic heterocycles. The molecular weight excluding hydrogens is 268 g/mol. The summed E-state index contributed by atoms with van der Waals surface area (Å²) in [6.07, 6.45) is 1.31. The van der Waals surface area contributed by atoms with Crippen LogP contribution in [0.5, 0.6) is 0 Å². The van der Waals surface area contributed by atoms with Gasteiger partial charge in [-0.05, 0) is 13.0 Å². The monoisotopic (exact) mass is 280 g/mol. The van der Waals surface area contributed by atoms with Crippen molar-refractivity contribution in [3.05, 3.63) is 52.9 Å². The second kappa shape index (κ2) is 5.42. The highest BCUT2D eigenvalue weighted by Gasteiger charge is 2.26. The molecule has 1 amide bonds. The third-order valence-corrected chi connectivity index (χ3v) is 3.05. The molecule has 19 heavy (non-hydrogen) atoms. The van der Waals surface area contributed by atoms with E-state index in [2.05, 4.69) is 15.0 Å². The number of rotatable bonds is 4. The van der Waals surface area contributed by atoms with E-state index in [1.165, 1.54) is 12.3 Å². The summed E-state index contributed by atoms with van der Waals surface area (Å²) in [6.45, 7) is 1.60. The van der Waals surface area contributed by atoms with E-state index in [0.29, 0.717) is 10.6 Å². The Morgan fingerprint density at radius 2 is 2.21 bits per heavy atom. The van der Waals surface area contributed by atoms with Gasteiger partial charge in [-0.1, -0.05) is 35.0 Å². The molecule has 2 aromatic rings. The Bertz CT molecular complexity index is 567.